The van der Waals surface area contributed by atoms with Gasteiger partial charge in [-0.25, -0.2) is 14.4 Å². The molecule has 2 N–H and O–H groups in total. The van der Waals surface area contributed by atoms with Crippen LogP contribution in [0, 0.1) is 5.82 Å². The highest BCUT2D eigenvalue weighted by Crippen LogP contribution is 2.26. The number of benzene rings is 3. The van der Waals surface area contributed by atoms with Gasteiger partial charge in [0.1, 0.15) is 18.2 Å². The molecule has 0 unspecified atom stereocenters. The van der Waals surface area contributed by atoms with Gasteiger partial charge in [0.05, 0.1) is 5.69 Å². The molecule has 5 rings (SSSR count). The Morgan fingerprint density at radius 3 is 2.38 bits per heavy atom. The maximum Gasteiger partial charge on any atom is 0.227 e. The Kier molecular flexibility index (Phi) is 11.1. The van der Waals surface area contributed by atoms with Crippen molar-refractivity contribution in [3.05, 3.63) is 115 Å². The van der Waals surface area contributed by atoms with Crippen molar-refractivity contribution >= 4 is 23.0 Å². The second-order valence-corrected chi connectivity index (χ2v) is 10.4. The van der Waals surface area contributed by atoms with Gasteiger partial charge >= 0.3 is 0 Å². The van der Waals surface area contributed by atoms with Crippen LogP contribution in [-0.2, 0) is 0 Å². The summed E-state index contributed by atoms with van der Waals surface area (Å²) in [4.78, 5) is 11.6. The van der Waals surface area contributed by atoms with Crippen LogP contribution in [0.3, 0.4) is 0 Å². The number of ether oxygens (including phenoxy) is 1. The van der Waals surface area contributed by atoms with E-state index < -0.39 is 0 Å². The van der Waals surface area contributed by atoms with Crippen LogP contribution in [0.15, 0.2) is 109 Å². The lowest BCUT2D eigenvalue weighted by molar-refractivity contribution is 0.352. The molecule has 0 bridgehead atoms. The minimum Gasteiger partial charge on any atom is -0.489 e. The van der Waals surface area contributed by atoms with Gasteiger partial charge in [-0.05, 0) is 106 Å². The Bertz CT molecular complexity index is 1460. The maximum atomic E-state index is 12.4. The topological polar surface area (TPSA) is 62.3 Å². The summed E-state index contributed by atoms with van der Waals surface area (Å²) >= 11 is 0. The summed E-state index contributed by atoms with van der Waals surface area (Å²) in [6.45, 7) is 12.4. The van der Waals surface area contributed by atoms with Gasteiger partial charge < -0.3 is 20.3 Å². The summed E-state index contributed by atoms with van der Waals surface area (Å²) in [7, 11) is 0. The second kappa shape index (κ2) is 15.4. The molecule has 0 atom stereocenters. The first kappa shape index (κ1) is 30.3. The molecule has 4 aromatic rings. The smallest absolute Gasteiger partial charge is 0.227 e. The molecule has 6 nitrogen and oxygen atoms in total. The van der Waals surface area contributed by atoms with E-state index in [1.807, 2.05) is 19.9 Å². The monoisotopic (exact) mass is 565 g/mol. The molecular formula is C35H40FN5O. The van der Waals surface area contributed by atoms with Crippen LogP contribution < -0.4 is 20.3 Å². The zero-order chi connectivity index (χ0) is 29.7. The molecule has 218 valence electrons. The number of rotatable bonds is 9. The molecule has 42 heavy (non-hydrogen) atoms. The third-order valence-corrected chi connectivity index (χ3v) is 6.73. The summed E-state index contributed by atoms with van der Waals surface area (Å²) in [6.07, 6.45) is 7.73. The number of allylic oxidation sites excluding steroid dienone is 2. The van der Waals surface area contributed by atoms with Crippen molar-refractivity contribution in [1.82, 2.24) is 9.97 Å². The minimum atomic E-state index is -0.252. The van der Waals surface area contributed by atoms with E-state index in [1.54, 1.807) is 18.3 Å². The Morgan fingerprint density at radius 2 is 1.69 bits per heavy atom. The van der Waals surface area contributed by atoms with E-state index in [-0.39, 0.29) is 5.82 Å². The van der Waals surface area contributed by atoms with Crippen LogP contribution in [0.2, 0.25) is 0 Å². The van der Waals surface area contributed by atoms with Crippen molar-refractivity contribution in [3.63, 3.8) is 0 Å². The quantitative estimate of drug-likeness (QED) is 0.198. The first-order valence-corrected chi connectivity index (χ1v) is 14.4. The number of hydrogen-bond donors (Lipinski definition) is 2. The number of hydrogen-bond acceptors (Lipinski definition) is 6. The van der Waals surface area contributed by atoms with Crippen LogP contribution in [0.25, 0.3) is 11.3 Å². The first-order valence-electron chi connectivity index (χ1n) is 14.4. The summed E-state index contributed by atoms with van der Waals surface area (Å²) in [5.74, 6) is 1.02. The molecule has 1 aliphatic rings. The van der Waals surface area contributed by atoms with Gasteiger partial charge in [0.2, 0.25) is 5.95 Å². The molecule has 3 aromatic carbocycles. The van der Waals surface area contributed by atoms with E-state index in [0.717, 1.165) is 47.0 Å². The van der Waals surface area contributed by atoms with Crippen LogP contribution in [0.4, 0.5) is 27.4 Å². The predicted molar refractivity (Wildman–Crippen MR) is 173 cm³/mol. The van der Waals surface area contributed by atoms with Crippen molar-refractivity contribution in [2.45, 2.75) is 40.0 Å². The molecule has 1 aromatic heterocycles. The molecule has 0 radical (unpaired) electrons. The Labute approximate surface area is 249 Å². The molecular weight excluding hydrogens is 525 g/mol. The lowest BCUT2D eigenvalue weighted by Crippen LogP contribution is -2.29. The number of piperidine rings is 1. The average molecular weight is 566 g/mol. The van der Waals surface area contributed by atoms with E-state index in [9.17, 15) is 4.39 Å². The molecule has 0 spiro atoms. The van der Waals surface area contributed by atoms with Crippen LogP contribution in [0.1, 0.15) is 40.0 Å². The van der Waals surface area contributed by atoms with Gasteiger partial charge in [0, 0.05) is 47.6 Å². The van der Waals surface area contributed by atoms with Crippen molar-refractivity contribution in [3.8, 4) is 17.0 Å². The zero-order valence-corrected chi connectivity index (χ0v) is 24.7. The van der Waals surface area contributed by atoms with E-state index in [4.69, 9.17) is 9.72 Å². The fraction of sp³-hybridized carbons (Fsp3) is 0.257. The maximum absolute atomic E-state index is 12.4. The Balaban J connectivity index is 0.000000283. The SMILES string of the molecule is C/C=C(/C)Nc1ccc(-c2ccnc(Nc3cccc(N4CCCCC4)c3)n2)cc1.C=C(C)COc1ccc(F)cc1. The van der Waals surface area contributed by atoms with Gasteiger partial charge in [-0.1, -0.05) is 30.9 Å². The van der Waals surface area contributed by atoms with E-state index in [0.29, 0.717) is 18.3 Å². The molecule has 1 aliphatic heterocycles. The zero-order valence-electron chi connectivity index (χ0n) is 24.7. The van der Waals surface area contributed by atoms with Crippen molar-refractivity contribution < 1.29 is 9.13 Å². The summed E-state index contributed by atoms with van der Waals surface area (Å²) < 4.78 is 17.7. The number of nitrogens with zero attached hydrogens (tertiary/aromatic N) is 3. The third-order valence-electron chi connectivity index (χ3n) is 6.73. The highest BCUT2D eigenvalue weighted by atomic mass is 19.1. The van der Waals surface area contributed by atoms with Crippen molar-refractivity contribution in [2.75, 3.05) is 35.2 Å². The van der Waals surface area contributed by atoms with Crippen LogP contribution >= 0.6 is 0 Å². The predicted octanol–water partition coefficient (Wildman–Crippen LogP) is 8.99. The summed E-state index contributed by atoms with van der Waals surface area (Å²) in [6, 6.07) is 24.7. The lowest BCUT2D eigenvalue weighted by Gasteiger charge is -2.29. The van der Waals surface area contributed by atoms with Crippen LogP contribution in [0.5, 0.6) is 5.75 Å². The molecule has 0 saturated carbocycles. The second-order valence-electron chi connectivity index (χ2n) is 10.4. The van der Waals surface area contributed by atoms with Gasteiger partial charge in [-0.2, -0.15) is 0 Å². The molecule has 7 heteroatoms. The highest BCUT2D eigenvalue weighted by molar-refractivity contribution is 5.66. The molecule has 2 heterocycles. The number of nitrogens with one attached hydrogen (secondary N) is 2. The molecule has 0 aliphatic carbocycles. The first-order chi connectivity index (χ1) is 20.4. The van der Waals surface area contributed by atoms with Gasteiger partial charge in [-0.15, -0.1) is 0 Å². The lowest BCUT2D eigenvalue weighted by atomic mass is 10.1. The minimum absolute atomic E-state index is 0.252. The van der Waals surface area contributed by atoms with E-state index in [1.165, 1.54) is 37.1 Å². The van der Waals surface area contributed by atoms with Gasteiger partial charge in [0.15, 0.2) is 0 Å². The number of anilines is 4. The fourth-order valence-electron chi connectivity index (χ4n) is 4.40. The van der Waals surface area contributed by atoms with Crippen molar-refractivity contribution in [2.24, 2.45) is 0 Å². The molecule has 0 amide bonds. The van der Waals surface area contributed by atoms with Crippen molar-refractivity contribution in [1.29, 1.82) is 0 Å². The fourth-order valence-corrected chi connectivity index (χ4v) is 4.40. The third kappa shape index (κ3) is 9.47. The van der Waals surface area contributed by atoms with Crippen LogP contribution in [-0.4, -0.2) is 29.7 Å². The van der Waals surface area contributed by atoms with E-state index >= 15 is 0 Å². The number of aromatic nitrogens is 2. The summed E-state index contributed by atoms with van der Waals surface area (Å²) in [5.41, 5.74) is 7.37. The molecule has 1 fully saturated rings. The standard InChI is InChI=1S/C25H29N5.C10H11FO/c1-3-19(2)27-21-12-10-20(11-13-21)24-14-15-26-25(29-24)28-22-8-7-9-23(18-22)30-16-5-4-6-17-30;1-8(2)7-12-10-5-3-9(11)4-6-10/h3,7-15,18,27H,4-6,16-17H2,1-2H3,(H,26,28,29);3-6H,1,7H2,2H3/b19-3-;. The van der Waals surface area contributed by atoms with Gasteiger partial charge in [-0.3, -0.25) is 0 Å². The Hall–Kier alpha value is -4.65. The summed E-state index contributed by atoms with van der Waals surface area (Å²) in [5, 5.41) is 6.73. The van der Waals surface area contributed by atoms with E-state index in [2.05, 4.69) is 88.6 Å². The average Bonchev–Trinajstić information content (AvgIpc) is 3.02. The normalized spacial score (nSPS) is 13.0. The largest absolute Gasteiger partial charge is 0.489 e. The Morgan fingerprint density at radius 1 is 0.952 bits per heavy atom. The van der Waals surface area contributed by atoms with Gasteiger partial charge in [0.25, 0.3) is 0 Å². The highest BCUT2D eigenvalue weighted by Gasteiger charge is 2.11. The molecule has 1 saturated heterocycles. The number of halogens is 1.